The number of nitriles is 1. The molecule has 0 heterocycles. The van der Waals surface area contributed by atoms with Crippen LogP contribution in [0.5, 0.6) is 0 Å². The number of nitrogens with one attached hydrogen (secondary N) is 1. The first kappa shape index (κ1) is 13.1. The van der Waals surface area contributed by atoms with Gasteiger partial charge < -0.3 is 5.32 Å². The number of nitrogens with zero attached hydrogens (tertiary/aromatic N) is 1. The SMILES string of the molecule is N#CC1(Nc2cccc(F)c2)CCc2c(Br)cccc21. The van der Waals surface area contributed by atoms with Crippen LogP contribution < -0.4 is 5.32 Å². The van der Waals surface area contributed by atoms with E-state index in [1.165, 1.54) is 12.1 Å². The first-order valence-electron chi connectivity index (χ1n) is 6.37. The summed E-state index contributed by atoms with van der Waals surface area (Å²) in [5, 5.41) is 12.9. The molecule has 1 N–H and O–H groups in total. The molecule has 2 aromatic rings. The lowest BCUT2D eigenvalue weighted by molar-refractivity contribution is 0.612. The molecule has 1 aliphatic rings. The molecule has 0 bridgehead atoms. The van der Waals surface area contributed by atoms with Gasteiger partial charge in [0.05, 0.1) is 6.07 Å². The van der Waals surface area contributed by atoms with Crippen LogP contribution in [-0.4, -0.2) is 0 Å². The van der Waals surface area contributed by atoms with Crippen LogP contribution in [-0.2, 0) is 12.0 Å². The molecule has 0 aromatic heterocycles. The van der Waals surface area contributed by atoms with Gasteiger partial charge in [-0.2, -0.15) is 5.26 Å². The largest absolute Gasteiger partial charge is 0.364 e. The summed E-state index contributed by atoms with van der Waals surface area (Å²) in [6, 6.07) is 14.5. The van der Waals surface area contributed by atoms with E-state index in [1.807, 2.05) is 18.2 Å². The lowest BCUT2D eigenvalue weighted by Crippen LogP contribution is -2.31. The number of hydrogen-bond acceptors (Lipinski definition) is 2. The smallest absolute Gasteiger partial charge is 0.151 e. The highest BCUT2D eigenvalue weighted by atomic mass is 79.9. The van der Waals surface area contributed by atoms with Gasteiger partial charge in [0.2, 0.25) is 0 Å². The highest BCUT2D eigenvalue weighted by Crippen LogP contribution is 2.42. The van der Waals surface area contributed by atoms with Crippen LogP contribution in [0.25, 0.3) is 0 Å². The maximum absolute atomic E-state index is 13.3. The second-order valence-electron chi connectivity index (χ2n) is 4.92. The Morgan fingerprint density at radius 3 is 2.80 bits per heavy atom. The standard InChI is InChI=1S/C16H12BrFN2/c17-15-6-2-5-14-13(15)7-8-16(14,10-19)20-12-4-1-3-11(18)9-12/h1-6,9,20H,7-8H2. The van der Waals surface area contributed by atoms with E-state index < -0.39 is 5.54 Å². The van der Waals surface area contributed by atoms with Gasteiger partial charge in [-0.1, -0.05) is 34.1 Å². The number of fused-ring (bicyclic) bond motifs is 1. The Kier molecular flexibility index (Phi) is 3.23. The first-order valence-corrected chi connectivity index (χ1v) is 7.17. The van der Waals surface area contributed by atoms with Crippen LogP contribution in [0.3, 0.4) is 0 Å². The topological polar surface area (TPSA) is 35.8 Å². The molecule has 1 unspecified atom stereocenters. The molecule has 1 atom stereocenters. The van der Waals surface area contributed by atoms with E-state index in [-0.39, 0.29) is 5.82 Å². The highest BCUT2D eigenvalue weighted by molar-refractivity contribution is 9.10. The number of halogens is 2. The maximum Gasteiger partial charge on any atom is 0.151 e. The lowest BCUT2D eigenvalue weighted by Gasteiger charge is -2.25. The third kappa shape index (κ3) is 2.08. The van der Waals surface area contributed by atoms with E-state index in [9.17, 15) is 9.65 Å². The predicted molar refractivity (Wildman–Crippen MR) is 79.8 cm³/mol. The molecule has 2 nitrogen and oxygen atoms in total. The molecule has 4 heteroatoms. The molecule has 3 rings (SSSR count). The van der Waals surface area contributed by atoms with Gasteiger partial charge in [-0.3, -0.25) is 0 Å². The summed E-state index contributed by atoms with van der Waals surface area (Å²) < 4.78 is 14.3. The fourth-order valence-corrected chi connectivity index (χ4v) is 3.31. The third-order valence-corrected chi connectivity index (χ3v) is 4.44. The van der Waals surface area contributed by atoms with Crippen LogP contribution >= 0.6 is 15.9 Å². The Bertz CT molecular complexity index is 708. The van der Waals surface area contributed by atoms with Crippen LogP contribution in [0.1, 0.15) is 17.5 Å². The predicted octanol–water partition coefficient (Wildman–Crippen LogP) is 4.37. The van der Waals surface area contributed by atoms with Gasteiger partial charge in [0.15, 0.2) is 5.54 Å². The Hall–Kier alpha value is -1.86. The molecule has 0 saturated carbocycles. The lowest BCUT2D eigenvalue weighted by atomic mass is 9.93. The highest BCUT2D eigenvalue weighted by Gasteiger charge is 2.39. The summed E-state index contributed by atoms with van der Waals surface area (Å²) in [5.41, 5.74) is 1.96. The molecule has 2 aromatic carbocycles. The average Bonchev–Trinajstić information content (AvgIpc) is 2.80. The summed E-state index contributed by atoms with van der Waals surface area (Å²) in [6.07, 6.45) is 1.50. The summed E-state index contributed by atoms with van der Waals surface area (Å²) in [5.74, 6) is -0.310. The zero-order valence-electron chi connectivity index (χ0n) is 10.7. The van der Waals surface area contributed by atoms with E-state index in [4.69, 9.17) is 0 Å². The molecule has 0 radical (unpaired) electrons. The summed E-state index contributed by atoms with van der Waals surface area (Å²) in [4.78, 5) is 0. The minimum Gasteiger partial charge on any atom is -0.364 e. The monoisotopic (exact) mass is 330 g/mol. The minimum atomic E-state index is -0.785. The molecular formula is C16H12BrFN2. The van der Waals surface area contributed by atoms with Crippen molar-refractivity contribution in [1.82, 2.24) is 0 Å². The first-order chi connectivity index (χ1) is 9.64. The zero-order valence-corrected chi connectivity index (χ0v) is 12.2. The van der Waals surface area contributed by atoms with Crippen LogP contribution in [0, 0.1) is 17.1 Å². The fourth-order valence-electron chi connectivity index (χ4n) is 2.75. The molecule has 0 amide bonds. The molecule has 0 aliphatic heterocycles. The van der Waals surface area contributed by atoms with Crippen molar-refractivity contribution < 1.29 is 4.39 Å². The molecule has 0 saturated heterocycles. The molecule has 20 heavy (non-hydrogen) atoms. The molecule has 0 fully saturated rings. The number of hydrogen-bond donors (Lipinski definition) is 1. The molecular weight excluding hydrogens is 319 g/mol. The van der Waals surface area contributed by atoms with E-state index in [2.05, 4.69) is 27.3 Å². The van der Waals surface area contributed by atoms with Crippen molar-refractivity contribution in [2.75, 3.05) is 5.32 Å². The van der Waals surface area contributed by atoms with Crippen LogP contribution in [0.4, 0.5) is 10.1 Å². The van der Waals surface area contributed by atoms with Crippen molar-refractivity contribution >= 4 is 21.6 Å². The Labute approximate surface area is 125 Å². The van der Waals surface area contributed by atoms with E-state index in [0.717, 1.165) is 22.0 Å². The van der Waals surface area contributed by atoms with E-state index in [0.29, 0.717) is 12.1 Å². The van der Waals surface area contributed by atoms with Crippen molar-refractivity contribution in [3.8, 4) is 6.07 Å². The Morgan fingerprint density at radius 2 is 2.05 bits per heavy atom. The molecule has 0 spiro atoms. The molecule has 1 aliphatic carbocycles. The van der Waals surface area contributed by atoms with Crippen molar-refractivity contribution in [3.05, 3.63) is 63.9 Å². The second kappa shape index (κ2) is 4.92. The summed E-state index contributed by atoms with van der Waals surface area (Å²) in [7, 11) is 0. The number of rotatable bonds is 2. The van der Waals surface area contributed by atoms with Gasteiger partial charge >= 0.3 is 0 Å². The Balaban J connectivity index is 2.04. The molecule has 100 valence electrons. The zero-order chi connectivity index (χ0) is 14.2. The normalized spacial score (nSPS) is 20.2. The van der Waals surface area contributed by atoms with Crippen LogP contribution in [0.2, 0.25) is 0 Å². The second-order valence-corrected chi connectivity index (χ2v) is 5.77. The summed E-state index contributed by atoms with van der Waals surface area (Å²) in [6.45, 7) is 0. The Morgan fingerprint density at radius 1 is 1.25 bits per heavy atom. The maximum atomic E-state index is 13.3. The van der Waals surface area contributed by atoms with Gasteiger partial charge in [-0.05, 0) is 48.2 Å². The number of benzene rings is 2. The van der Waals surface area contributed by atoms with Gasteiger partial charge in [-0.15, -0.1) is 0 Å². The van der Waals surface area contributed by atoms with E-state index in [1.54, 1.807) is 12.1 Å². The van der Waals surface area contributed by atoms with Crippen LogP contribution in [0.15, 0.2) is 46.9 Å². The van der Waals surface area contributed by atoms with Gasteiger partial charge in [0.25, 0.3) is 0 Å². The average molecular weight is 331 g/mol. The fraction of sp³-hybridized carbons (Fsp3) is 0.188. The van der Waals surface area contributed by atoms with Crippen molar-refractivity contribution in [3.63, 3.8) is 0 Å². The minimum absolute atomic E-state index is 0.310. The van der Waals surface area contributed by atoms with Gasteiger partial charge in [0, 0.05) is 10.2 Å². The van der Waals surface area contributed by atoms with Crippen molar-refractivity contribution in [1.29, 1.82) is 5.26 Å². The third-order valence-electron chi connectivity index (χ3n) is 3.70. The summed E-state index contributed by atoms with van der Waals surface area (Å²) >= 11 is 3.53. The quantitative estimate of drug-likeness (QED) is 0.887. The van der Waals surface area contributed by atoms with Crippen molar-refractivity contribution in [2.24, 2.45) is 0 Å². The number of anilines is 1. The van der Waals surface area contributed by atoms with Gasteiger partial charge in [0.1, 0.15) is 5.82 Å². The van der Waals surface area contributed by atoms with Gasteiger partial charge in [-0.25, -0.2) is 4.39 Å². The van der Waals surface area contributed by atoms with E-state index >= 15 is 0 Å². The van der Waals surface area contributed by atoms with Crippen molar-refractivity contribution in [2.45, 2.75) is 18.4 Å².